The van der Waals surface area contributed by atoms with Crippen molar-refractivity contribution in [1.82, 2.24) is 5.32 Å². The summed E-state index contributed by atoms with van der Waals surface area (Å²) in [6.07, 6.45) is 0. The number of carbonyl (C=O) groups is 1. The van der Waals surface area contributed by atoms with Crippen LogP contribution >= 0.6 is 11.6 Å². The normalized spacial score (nSPS) is 11.1. The summed E-state index contributed by atoms with van der Waals surface area (Å²) in [5.41, 5.74) is 0.126. The monoisotopic (exact) mass is 258 g/mol. The largest absolute Gasteiger partial charge is 0.375 e. The minimum absolute atomic E-state index is 0.0560. The van der Waals surface area contributed by atoms with Gasteiger partial charge in [0.1, 0.15) is 5.82 Å². The zero-order chi connectivity index (χ0) is 13.1. The van der Waals surface area contributed by atoms with E-state index in [9.17, 15) is 9.18 Å². The Morgan fingerprint density at radius 2 is 2.06 bits per heavy atom. The Morgan fingerprint density at radius 3 is 2.65 bits per heavy atom. The number of nitrogens with one attached hydrogen (secondary N) is 2. The Bertz CT molecular complexity index is 415. The second-order valence-electron chi connectivity index (χ2n) is 4.78. The second kappa shape index (κ2) is 5.36. The first-order valence-electron chi connectivity index (χ1n) is 5.28. The molecule has 1 rings (SSSR count). The number of carbonyl (C=O) groups excluding carboxylic acids is 1. The average Bonchev–Trinajstić information content (AvgIpc) is 2.17. The zero-order valence-electron chi connectivity index (χ0n) is 10.1. The molecule has 5 heteroatoms. The summed E-state index contributed by atoms with van der Waals surface area (Å²) >= 11 is 5.85. The maximum atomic E-state index is 12.9. The zero-order valence-corrected chi connectivity index (χ0v) is 10.9. The summed E-state index contributed by atoms with van der Waals surface area (Å²) in [7, 11) is 0. The Hall–Kier alpha value is -1.29. The first kappa shape index (κ1) is 13.8. The fourth-order valence-electron chi connectivity index (χ4n) is 1.27. The SMILES string of the molecule is CC(C)(C)NC(=O)CNc1cc(F)ccc1Cl. The maximum absolute atomic E-state index is 12.9. The highest BCUT2D eigenvalue weighted by molar-refractivity contribution is 6.33. The van der Waals surface area contributed by atoms with Gasteiger partial charge >= 0.3 is 0 Å². The number of benzene rings is 1. The Kier molecular flexibility index (Phi) is 4.34. The van der Waals surface area contributed by atoms with Crippen LogP contribution < -0.4 is 10.6 Å². The molecule has 0 saturated heterocycles. The summed E-state index contributed by atoms with van der Waals surface area (Å²) in [6.45, 7) is 5.72. The van der Waals surface area contributed by atoms with E-state index in [2.05, 4.69) is 10.6 Å². The first-order valence-corrected chi connectivity index (χ1v) is 5.66. The number of hydrogen-bond acceptors (Lipinski definition) is 2. The topological polar surface area (TPSA) is 41.1 Å². The van der Waals surface area contributed by atoms with Gasteiger partial charge in [-0.2, -0.15) is 0 Å². The lowest BCUT2D eigenvalue weighted by molar-refractivity contribution is -0.120. The lowest BCUT2D eigenvalue weighted by atomic mass is 10.1. The molecule has 0 bridgehead atoms. The standard InChI is InChI=1S/C12H16ClFN2O/c1-12(2,3)16-11(17)7-15-10-6-8(14)4-5-9(10)13/h4-6,15H,7H2,1-3H3,(H,16,17). The maximum Gasteiger partial charge on any atom is 0.239 e. The molecule has 94 valence electrons. The summed E-state index contributed by atoms with van der Waals surface area (Å²) < 4.78 is 12.9. The van der Waals surface area contributed by atoms with Crippen LogP contribution in [0.25, 0.3) is 0 Å². The minimum atomic E-state index is -0.395. The van der Waals surface area contributed by atoms with Crippen molar-refractivity contribution in [3.63, 3.8) is 0 Å². The molecular formula is C12H16ClFN2O. The second-order valence-corrected chi connectivity index (χ2v) is 5.18. The van der Waals surface area contributed by atoms with Crippen molar-refractivity contribution >= 4 is 23.2 Å². The molecule has 17 heavy (non-hydrogen) atoms. The van der Waals surface area contributed by atoms with Gasteiger partial charge in [0.05, 0.1) is 17.3 Å². The molecule has 0 heterocycles. The van der Waals surface area contributed by atoms with Gasteiger partial charge in [-0.25, -0.2) is 4.39 Å². The molecule has 0 spiro atoms. The van der Waals surface area contributed by atoms with Crippen LogP contribution in [0.1, 0.15) is 20.8 Å². The Labute approximate surface area is 105 Å². The van der Waals surface area contributed by atoms with Crippen molar-refractivity contribution in [2.24, 2.45) is 0 Å². The molecular weight excluding hydrogens is 243 g/mol. The van der Waals surface area contributed by atoms with Crippen molar-refractivity contribution in [3.05, 3.63) is 29.0 Å². The van der Waals surface area contributed by atoms with Gasteiger partial charge < -0.3 is 10.6 Å². The van der Waals surface area contributed by atoms with Crippen LogP contribution in [0.15, 0.2) is 18.2 Å². The molecule has 1 aromatic carbocycles. The molecule has 0 aliphatic heterocycles. The van der Waals surface area contributed by atoms with Gasteiger partial charge in [0.25, 0.3) is 0 Å². The van der Waals surface area contributed by atoms with E-state index in [-0.39, 0.29) is 18.0 Å². The predicted molar refractivity (Wildman–Crippen MR) is 67.8 cm³/mol. The first-order chi connectivity index (χ1) is 7.78. The highest BCUT2D eigenvalue weighted by Crippen LogP contribution is 2.21. The van der Waals surface area contributed by atoms with Gasteiger partial charge in [0.2, 0.25) is 5.91 Å². The van der Waals surface area contributed by atoms with Gasteiger partial charge in [-0.05, 0) is 39.0 Å². The van der Waals surface area contributed by atoms with Crippen LogP contribution in [0.2, 0.25) is 5.02 Å². The quantitative estimate of drug-likeness (QED) is 0.875. The fraction of sp³-hybridized carbons (Fsp3) is 0.417. The fourth-order valence-corrected chi connectivity index (χ4v) is 1.46. The van der Waals surface area contributed by atoms with Gasteiger partial charge in [-0.15, -0.1) is 0 Å². The summed E-state index contributed by atoms with van der Waals surface area (Å²) in [4.78, 5) is 11.5. The van der Waals surface area contributed by atoms with Crippen LogP contribution in [0.3, 0.4) is 0 Å². The highest BCUT2D eigenvalue weighted by atomic mass is 35.5. The number of amides is 1. The molecule has 1 aromatic rings. The number of halogens is 2. The van der Waals surface area contributed by atoms with Crippen molar-refractivity contribution in [1.29, 1.82) is 0 Å². The molecule has 0 aliphatic carbocycles. The third-order valence-electron chi connectivity index (χ3n) is 1.88. The van der Waals surface area contributed by atoms with E-state index in [0.29, 0.717) is 10.7 Å². The van der Waals surface area contributed by atoms with E-state index >= 15 is 0 Å². The average molecular weight is 259 g/mol. The van der Waals surface area contributed by atoms with E-state index in [1.807, 2.05) is 20.8 Å². The van der Waals surface area contributed by atoms with Gasteiger partial charge in [-0.3, -0.25) is 4.79 Å². The lowest BCUT2D eigenvalue weighted by Gasteiger charge is -2.20. The molecule has 0 unspecified atom stereocenters. The molecule has 3 nitrogen and oxygen atoms in total. The number of anilines is 1. The summed E-state index contributed by atoms with van der Waals surface area (Å²) in [5, 5.41) is 5.96. The van der Waals surface area contributed by atoms with Crippen molar-refractivity contribution in [2.75, 3.05) is 11.9 Å². The van der Waals surface area contributed by atoms with Gasteiger partial charge in [-0.1, -0.05) is 11.6 Å². The van der Waals surface area contributed by atoms with Crippen LogP contribution in [0.5, 0.6) is 0 Å². The molecule has 0 aliphatic rings. The van der Waals surface area contributed by atoms with Gasteiger partial charge in [0.15, 0.2) is 0 Å². The van der Waals surface area contributed by atoms with Crippen LogP contribution in [0.4, 0.5) is 10.1 Å². The molecule has 0 saturated carbocycles. The van der Waals surface area contributed by atoms with Crippen molar-refractivity contribution in [3.8, 4) is 0 Å². The van der Waals surface area contributed by atoms with Crippen LogP contribution in [0, 0.1) is 5.82 Å². The molecule has 0 atom stereocenters. The summed E-state index contributed by atoms with van der Waals surface area (Å²) in [6, 6.07) is 3.97. The van der Waals surface area contributed by atoms with Crippen LogP contribution in [-0.2, 0) is 4.79 Å². The molecule has 2 N–H and O–H groups in total. The molecule has 0 radical (unpaired) electrons. The Balaban J connectivity index is 2.56. The van der Waals surface area contributed by atoms with E-state index in [4.69, 9.17) is 11.6 Å². The van der Waals surface area contributed by atoms with Crippen LogP contribution in [-0.4, -0.2) is 18.0 Å². The molecule has 0 aromatic heterocycles. The smallest absolute Gasteiger partial charge is 0.239 e. The van der Waals surface area contributed by atoms with Crippen molar-refractivity contribution < 1.29 is 9.18 Å². The summed E-state index contributed by atoms with van der Waals surface area (Å²) in [5.74, 6) is -0.564. The number of rotatable bonds is 3. The van der Waals surface area contributed by atoms with E-state index in [1.54, 1.807) is 0 Å². The van der Waals surface area contributed by atoms with E-state index in [1.165, 1.54) is 18.2 Å². The highest BCUT2D eigenvalue weighted by Gasteiger charge is 2.13. The van der Waals surface area contributed by atoms with E-state index < -0.39 is 5.82 Å². The van der Waals surface area contributed by atoms with Gasteiger partial charge in [0, 0.05) is 5.54 Å². The minimum Gasteiger partial charge on any atom is -0.375 e. The van der Waals surface area contributed by atoms with E-state index in [0.717, 1.165) is 0 Å². The number of hydrogen-bond donors (Lipinski definition) is 2. The third kappa shape index (κ3) is 5.04. The predicted octanol–water partition coefficient (Wildman–Crippen LogP) is 2.81. The Morgan fingerprint density at radius 1 is 1.41 bits per heavy atom. The lowest BCUT2D eigenvalue weighted by Crippen LogP contribution is -2.43. The molecule has 0 fully saturated rings. The van der Waals surface area contributed by atoms with Crippen molar-refractivity contribution in [2.45, 2.75) is 26.3 Å². The third-order valence-corrected chi connectivity index (χ3v) is 2.21. The molecule has 1 amide bonds.